The molecular weight excluding hydrogens is 582 g/mol. The first kappa shape index (κ1) is 34.3. The lowest BCUT2D eigenvalue weighted by Crippen LogP contribution is -2.49. The van der Waals surface area contributed by atoms with Crippen LogP contribution in [0.3, 0.4) is 0 Å². The predicted molar refractivity (Wildman–Crippen MR) is 171 cm³/mol. The number of nitrogens with one attached hydrogen (secondary N) is 1. The number of piperidine rings is 1. The predicted octanol–water partition coefficient (Wildman–Crippen LogP) is 5.88. The quantitative estimate of drug-likeness (QED) is 0.263. The minimum absolute atomic E-state index is 0.000734. The highest BCUT2D eigenvalue weighted by Crippen LogP contribution is 2.34. The first-order valence-electron chi connectivity index (χ1n) is 15.9. The number of likely N-dealkylation sites (tertiary alicyclic amines) is 1. The fourth-order valence-corrected chi connectivity index (χ4v) is 5.94. The zero-order valence-electron chi connectivity index (χ0n) is 27.2. The second-order valence-electron chi connectivity index (χ2n) is 12.4. The van der Waals surface area contributed by atoms with E-state index in [2.05, 4.69) is 24.1 Å². The van der Waals surface area contributed by atoms with Gasteiger partial charge in [0.1, 0.15) is 5.75 Å². The topological polar surface area (TPSA) is 83.6 Å². The number of amides is 3. The molecule has 2 aromatic rings. The van der Waals surface area contributed by atoms with Gasteiger partial charge in [-0.05, 0) is 70.2 Å². The third-order valence-electron chi connectivity index (χ3n) is 8.49. The largest absolute Gasteiger partial charge is 0.496 e. The van der Waals surface area contributed by atoms with E-state index in [1.807, 2.05) is 18.2 Å². The smallest absolute Gasteiger partial charge is 0.324 e. The van der Waals surface area contributed by atoms with Crippen LogP contribution in [0.4, 0.5) is 19.3 Å². The standard InChI is InChI=1S/C34H48F2N4O5/c1-24(2)38-17-12-27(13-18-38)37-32(41)21-25-8-9-26(30(20-25)44-5)23-39-15-7-16-40(33(39)42)28-10-11-29(43-4)31(22-28)45-19-6-14-34(3,35)36/h8-11,20,22,24,27H,6-7,12-19,21,23H2,1-5H3,(H,37,41). The van der Waals surface area contributed by atoms with Crippen LogP contribution >= 0.6 is 0 Å². The fraction of sp³-hybridized carbons (Fsp3) is 0.588. The molecule has 0 aliphatic carbocycles. The summed E-state index contributed by atoms with van der Waals surface area (Å²) >= 11 is 0. The molecule has 2 heterocycles. The molecule has 2 aliphatic heterocycles. The molecule has 0 atom stereocenters. The Hall–Kier alpha value is -3.60. The van der Waals surface area contributed by atoms with Gasteiger partial charge in [0, 0.05) is 62.0 Å². The summed E-state index contributed by atoms with van der Waals surface area (Å²) in [6.07, 6.45) is 2.85. The zero-order valence-corrected chi connectivity index (χ0v) is 27.2. The van der Waals surface area contributed by atoms with Crippen LogP contribution in [-0.4, -0.2) is 86.7 Å². The lowest BCUT2D eigenvalue weighted by atomic mass is 10.0. The molecule has 45 heavy (non-hydrogen) atoms. The summed E-state index contributed by atoms with van der Waals surface area (Å²) in [4.78, 5) is 32.3. The maximum Gasteiger partial charge on any atom is 0.324 e. The zero-order chi connectivity index (χ0) is 32.6. The van der Waals surface area contributed by atoms with Crippen LogP contribution in [-0.2, 0) is 17.8 Å². The van der Waals surface area contributed by atoms with Gasteiger partial charge in [-0.2, -0.15) is 0 Å². The number of hydrogen-bond acceptors (Lipinski definition) is 6. The van der Waals surface area contributed by atoms with Gasteiger partial charge in [0.25, 0.3) is 0 Å². The van der Waals surface area contributed by atoms with Gasteiger partial charge >= 0.3 is 6.03 Å². The number of benzene rings is 2. The summed E-state index contributed by atoms with van der Waals surface area (Å²) in [6.45, 7) is 8.86. The van der Waals surface area contributed by atoms with Crippen molar-refractivity contribution in [3.05, 3.63) is 47.5 Å². The Labute approximate surface area is 265 Å². The monoisotopic (exact) mass is 630 g/mol. The van der Waals surface area contributed by atoms with Crippen LogP contribution in [0.25, 0.3) is 0 Å². The number of halogens is 2. The second kappa shape index (κ2) is 15.6. The van der Waals surface area contributed by atoms with Gasteiger partial charge in [0.15, 0.2) is 11.5 Å². The van der Waals surface area contributed by atoms with Crippen molar-refractivity contribution in [1.82, 2.24) is 15.1 Å². The molecule has 2 saturated heterocycles. The number of urea groups is 1. The molecule has 2 fully saturated rings. The van der Waals surface area contributed by atoms with E-state index in [0.29, 0.717) is 48.6 Å². The van der Waals surface area contributed by atoms with Crippen molar-refractivity contribution in [2.45, 2.75) is 83.8 Å². The molecule has 1 N–H and O–H groups in total. The number of ether oxygens (including phenoxy) is 3. The molecule has 4 rings (SSSR count). The third kappa shape index (κ3) is 9.69. The molecule has 3 amide bonds. The minimum atomic E-state index is -2.75. The van der Waals surface area contributed by atoms with Gasteiger partial charge in [0.05, 0.1) is 33.8 Å². The molecule has 0 bridgehead atoms. The van der Waals surface area contributed by atoms with Crippen LogP contribution in [0.2, 0.25) is 0 Å². The van der Waals surface area contributed by atoms with E-state index >= 15 is 0 Å². The highest BCUT2D eigenvalue weighted by molar-refractivity contribution is 5.93. The number of carbonyl (C=O) groups excluding carboxylic acids is 2. The summed E-state index contributed by atoms with van der Waals surface area (Å²) in [5, 5.41) is 3.19. The molecule has 0 unspecified atom stereocenters. The number of nitrogens with zero attached hydrogens (tertiary/aromatic N) is 3. The lowest BCUT2D eigenvalue weighted by Gasteiger charge is -2.36. The first-order valence-corrected chi connectivity index (χ1v) is 15.9. The van der Waals surface area contributed by atoms with E-state index in [9.17, 15) is 18.4 Å². The Morgan fingerprint density at radius 2 is 1.73 bits per heavy atom. The Kier molecular flexibility index (Phi) is 11.9. The van der Waals surface area contributed by atoms with Crippen LogP contribution in [0, 0.1) is 0 Å². The van der Waals surface area contributed by atoms with Crippen molar-refractivity contribution >= 4 is 17.6 Å². The minimum Gasteiger partial charge on any atom is -0.496 e. The number of anilines is 1. The van der Waals surface area contributed by atoms with Crippen LogP contribution in [0.5, 0.6) is 17.2 Å². The third-order valence-corrected chi connectivity index (χ3v) is 8.49. The molecule has 2 aliphatic rings. The number of carbonyl (C=O) groups is 2. The summed E-state index contributed by atoms with van der Waals surface area (Å²) in [6, 6.07) is 11.5. The van der Waals surface area contributed by atoms with Gasteiger partial charge in [0.2, 0.25) is 11.8 Å². The van der Waals surface area contributed by atoms with Gasteiger partial charge in [-0.3, -0.25) is 9.69 Å². The number of hydrogen-bond donors (Lipinski definition) is 1. The molecule has 9 nitrogen and oxygen atoms in total. The maximum atomic E-state index is 13.6. The highest BCUT2D eigenvalue weighted by Gasteiger charge is 2.29. The lowest BCUT2D eigenvalue weighted by molar-refractivity contribution is -0.121. The van der Waals surface area contributed by atoms with Gasteiger partial charge in [-0.25, -0.2) is 13.6 Å². The summed E-state index contributed by atoms with van der Waals surface area (Å²) < 4.78 is 43.3. The molecule has 2 aromatic carbocycles. The summed E-state index contributed by atoms with van der Waals surface area (Å²) in [5.74, 6) is -1.24. The normalized spacial score (nSPS) is 16.7. The number of alkyl halides is 2. The second-order valence-corrected chi connectivity index (χ2v) is 12.4. The van der Waals surface area contributed by atoms with Crippen LogP contribution in [0.15, 0.2) is 36.4 Å². The van der Waals surface area contributed by atoms with Gasteiger partial charge in [-0.15, -0.1) is 0 Å². The van der Waals surface area contributed by atoms with Crippen molar-refractivity contribution in [3.8, 4) is 17.2 Å². The Balaban J connectivity index is 1.36. The summed E-state index contributed by atoms with van der Waals surface area (Å²) in [7, 11) is 3.11. The highest BCUT2D eigenvalue weighted by atomic mass is 19.3. The van der Waals surface area contributed by atoms with Crippen molar-refractivity contribution in [2.75, 3.05) is 51.9 Å². The molecule has 248 valence electrons. The van der Waals surface area contributed by atoms with Crippen LogP contribution in [0.1, 0.15) is 64.0 Å². The van der Waals surface area contributed by atoms with E-state index < -0.39 is 5.92 Å². The SMILES string of the molecule is COc1cc(CC(=O)NC2CCN(C(C)C)CC2)ccc1CN1CCCN(c2ccc(OC)c(OCCCC(C)(F)F)c2)C1=O. The van der Waals surface area contributed by atoms with Gasteiger partial charge < -0.3 is 29.3 Å². The first-order chi connectivity index (χ1) is 21.5. The van der Waals surface area contributed by atoms with Crippen molar-refractivity contribution in [1.29, 1.82) is 0 Å². The maximum absolute atomic E-state index is 13.6. The Bertz CT molecular complexity index is 1290. The average molecular weight is 631 g/mol. The average Bonchev–Trinajstić information content (AvgIpc) is 3.00. The van der Waals surface area contributed by atoms with Crippen molar-refractivity contribution in [2.24, 2.45) is 0 Å². The van der Waals surface area contributed by atoms with Crippen LogP contribution < -0.4 is 24.4 Å². The van der Waals surface area contributed by atoms with Gasteiger partial charge in [-0.1, -0.05) is 12.1 Å². The molecule has 0 radical (unpaired) electrons. The molecular formula is C34H48F2N4O5. The van der Waals surface area contributed by atoms with Crippen molar-refractivity contribution < 1.29 is 32.6 Å². The van der Waals surface area contributed by atoms with E-state index in [0.717, 1.165) is 50.4 Å². The molecule has 0 saturated carbocycles. The van der Waals surface area contributed by atoms with E-state index in [1.165, 1.54) is 7.11 Å². The molecule has 0 spiro atoms. The molecule has 11 heteroatoms. The summed E-state index contributed by atoms with van der Waals surface area (Å²) in [5.41, 5.74) is 2.35. The van der Waals surface area contributed by atoms with E-state index in [-0.39, 0.29) is 43.8 Å². The number of methoxy groups -OCH3 is 2. The Morgan fingerprint density at radius 3 is 2.40 bits per heavy atom. The molecule has 0 aromatic heterocycles. The van der Waals surface area contributed by atoms with Crippen molar-refractivity contribution in [3.63, 3.8) is 0 Å². The Morgan fingerprint density at radius 1 is 1.00 bits per heavy atom. The fourth-order valence-electron chi connectivity index (χ4n) is 5.94. The van der Waals surface area contributed by atoms with E-state index in [4.69, 9.17) is 14.2 Å². The number of rotatable bonds is 14. The van der Waals surface area contributed by atoms with E-state index in [1.54, 1.807) is 35.1 Å².